The van der Waals surface area contributed by atoms with Crippen LogP contribution >= 0.6 is 136 Å². The van der Waals surface area contributed by atoms with E-state index < -0.39 is 0 Å². The molecule has 1 atom stereocenters. The Kier molecular flexibility index (Phi) is 9.67. The van der Waals surface area contributed by atoms with Gasteiger partial charge >= 0.3 is 0 Å². The van der Waals surface area contributed by atoms with Crippen LogP contribution in [-0.2, 0) is 0 Å². The molecule has 14 heavy (non-hydrogen) atoms. The van der Waals surface area contributed by atoms with E-state index in [0.29, 0.717) is 6.54 Å². The van der Waals surface area contributed by atoms with E-state index in [9.17, 15) is 0 Å². The summed E-state index contributed by atoms with van der Waals surface area (Å²) in [6.45, 7) is 4.25. The zero-order chi connectivity index (χ0) is 11.6. The number of rotatable bonds is 5. The number of hydrogen-bond donors (Lipinski definition) is 1. The fourth-order valence-electron chi connectivity index (χ4n) is 0.492. The fraction of sp³-hybridized carbons (Fsp3) is 0.800. The summed E-state index contributed by atoms with van der Waals surface area (Å²) in [5, 5.41) is 0. The maximum atomic E-state index is 5.64. The van der Waals surface area contributed by atoms with E-state index in [4.69, 9.17) is 5.73 Å². The Balaban J connectivity index is 4.85. The highest BCUT2D eigenvalue weighted by Crippen LogP contribution is 2.54. The molecule has 0 aliphatic heterocycles. The summed E-state index contributed by atoms with van der Waals surface area (Å²) in [5.74, 6) is 0. The number of aliphatic imine (C=N–C) groups is 1. The summed E-state index contributed by atoms with van der Waals surface area (Å²) < 4.78 is 2.04. The lowest BCUT2D eigenvalue weighted by molar-refractivity contribution is 0.469. The Morgan fingerprint density at radius 3 is 2.07 bits per heavy atom. The third-order valence-electron chi connectivity index (χ3n) is 1.27. The molecule has 3 nitrogen and oxygen atoms in total. The van der Waals surface area contributed by atoms with Gasteiger partial charge in [-0.3, -0.25) is 4.99 Å². The highest BCUT2D eigenvalue weighted by atomic mass is 127. The first-order valence-corrected chi connectivity index (χ1v) is 9.76. The van der Waals surface area contributed by atoms with Gasteiger partial charge in [0.05, 0.1) is 4.05 Å². The van der Waals surface area contributed by atoms with Gasteiger partial charge < -0.3 is 5.73 Å². The van der Waals surface area contributed by atoms with Crippen LogP contribution in [0, 0.1) is 0 Å². The van der Waals surface area contributed by atoms with Gasteiger partial charge in [-0.15, -0.1) is 0 Å². The predicted molar refractivity (Wildman–Crippen MR) is 114 cm³/mol. The summed E-state index contributed by atoms with van der Waals surface area (Å²) >= 11 is 14.0. The Morgan fingerprint density at radius 2 is 1.79 bits per heavy atom. The molecule has 0 bridgehead atoms. The molecule has 0 heterocycles. The maximum Gasteiger partial charge on any atom is 0.198 e. The van der Waals surface area contributed by atoms with Gasteiger partial charge in [0, 0.05) is 29.4 Å². The maximum absolute atomic E-state index is 5.64. The average molecular weight is 871 g/mol. The minimum absolute atomic E-state index is 0.156. The highest BCUT2D eigenvalue weighted by molar-refractivity contribution is 14.2. The summed E-state index contributed by atoms with van der Waals surface area (Å²) in [5.41, 5.74) is 5.64. The Hall–Kier alpha value is 3.97. The summed E-state index contributed by atoms with van der Waals surface area (Å²) in [6.07, 6.45) is 0. The van der Waals surface area contributed by atoms with Crippen molar-refractivity contribution in [2.24, 2.45) is 10.7 Å². The molecule has 0 aliphatic rings. The Labute approximate surface area is 166 Å². The lowest BCUT2D eigenvalue weighted by atomic mass is 10.5. The molecule has 0 fully saturated rings. The van der Waals surface area contributed by atoms with Crippen molar-refractivity contribution in [1.82, 2.24) is 3.11 Å². The van der Waals surface area contributed by atoms with E-state index >= 15 is 0 Å². The zero-order valence-corrected chi connectivity index (χ0v) is 19.7. The number of nitrogens with zero attached hydrogens (tertiary/aromatic N) is 2. The van der Waals surface area contributed by atoms with Gasteiger partial charge in [-0.2, -0.15) is 0 Å². The Morgan fingerprint density at radius 1 is 1.36 bits per heavy atom. The standard InChI is InChI=1S/C5H7I6N3/c1-13-4(7,8)5(9,10)14(11)3(6)2-12/h3H,1-2,12H2. The van der Waals surface area contributed by atoms with Crippen molar-refractivity contribution in [3.8, 4) is 0 Å². The van der Waals surface area contributed by atoms with Gasteiger partial charge in [-0.1, -0.05) is 22.6 Å². The van der Waals surface area contributed by atoms with Crippen molar-refractivity contribution in [1.29, 1.82) is 0 Å². The van der Waals surface area contributed by atoms with Crippen molar-refractivity contribution in [3.05, 3.63) is 0 Å². The van der Waals surface area contributed by atoms with Gasteiger partial charge in [0.1, 0.15) is 0 Å². The van der Waals surface area contributed by atoms with E-state index in [0.717, 1.165) is 0 Å². The molecule has 0 amide bonds. The lowest BCUT2D eigenvalue weighted by Gasteiger charge is -2.39. The van der Waals surface area contributed by atoms with Crippen LogP contribution in [0.15, 0.2) is 4.99 Å². The van der Waals surface area contributed by atoms with E-state index in [2.05, 4.69) is 151 Å². The molecular formula is C5H7I6N3. The van der Waals surface area contributed by atoms with Crippen LogP contribution in [0.25, 0.3) is 0 Å². The van der Waals surface area contributed by atoms with Crippen LogP contribution in [0.2, 0.25) is 0 Å². The number of halogens is 6. The first-order valence-electron chi connectivity index (χ1n) is 3.23. The number of hydrogen-bond acceptors (Lipinski definition) is 3. The van der Waals surface area contributed by atoms with Crippen LogP contribution in [0.5, 0.6) is 0 Å². The van der Waals surface area contributed by atoms with Crippen molar-refractivity contribution >= 4 is 143 Å². The van der Waals surface area contributed by atoms with Crippen LogP contribution in [0.4, 0.5) is 0 Å². The van der Waals surface area contributed by atoms with E-state index in [1.807, 2.05) is 0 Å². The van der Waals surface area contributed by atoms with Crippen LogP contribution in [0.3, 0.4) is 0 Å². The topological polar surface area (TPSA) is 41.6 Å². The summed E-state index contributed by atoms with van der Waals surface area (Å²) in [6, 6.07) is 0. The smallest absolute Gasteiger partial charge is 0.198 e. The normalized spacial score (nSPS) is 15.7. The Bertz CT molecular complexity index is 208. The van der Waals surface area contributed by atoms with Gasteiger partial charge in [-0.25, -0.2) is 3.11 Å². The van der Waals surface area contributed by atoms with Gasteiger partial charge in [0.15, 0.2) is 3.10 Å². The molecule has 0 radical (unpaired) electrons. The number of nitrogens with two attached hydrogens (primary N) is 1. The zero-order valence-electron chi connectivity index (χ0n) is 6.73. The second-order valence-corrected chi connectivity index (χ2v) is 15.1. The molecule has 0 saturated carbocycles. The van der Waals surface area contributed by atoms with Crippen molar-refractivity contribution in [3.63, 3.8) is 0 Å². The number of alkyl halides is 5. The molecule has 0 aliphatic carbocycles. The molecule has 84 valence electrons. The minimum Gasteiger partial charge on any atom is -0.328 e. The van der Waals surface area contributed by atoms with Gasteiger partial charge in [0.2, 0.25) is 0 Å². The van der Waals surface area contributed by atoms with Crippen LogP contribution in [-0.4, -0.2) is 23.5 Å². The first kappa shape index (κ1) is 18.0. The summed E-state index contributed by atoms with van der Waals surface area (Å²) in [4.78, 5) is 4.15. The second-order valence-electron chi connectivity index (χ2n) is 2.22. The molecule has 0 aromatic rings. The van der Waals surface area contributed by atoms with E-state index in [1.54, 1.807) is 0 Å². The van der Waals surface area contributed by atoms with Crippen LogP contribution in [0.1, 0.15) is 0 Å². The largest absolute Gasteiger partial charge is 0.328 e. The van der Waals surface area contributed by atoms with Gasteiger partial charge in [0.25, 0.3) is 0 Å². The average Bonchev–Trinajstić information content (AvgIpc) is 2.14. The molecule has 0 rings (SSSR count). The van der Waals surface area contributed by atoms with E-state index in [-0.39, 0.29) is 7.15 Å². The summed E-state index contributed by atoms with van der Waals surface area (Å²) in [7, 11) is 0. The molecular weight excluding hydrogens is 863 g/mol. The molecule has 0 aromatic carbocycles. The van der Waals surface area contributed by atoms with Crippen molar-refractivity contribution in [2.75, 3.05) is 6.54 Å². The highest BCUT2D eigenvalue weighted by Gasteiger charge is 2.49. The third-order valence-corrected chi connectivity index (χ3v) is 15.6. The third kappa shape index (κ3) is 4.57. The van der Waals surface area contributed by atoms with E-state index in [1.165, 1.54) is 0 Å². The molecule has 9 heteroatoms. The van der Waals surface area contributed by atoms with Gasteiger partial charge in [-0.05, 0) is 97.1 Å². The molecule has 0 aromatic heterocycles. The molecule has 0 saturated heterocycles. The SMILES string of the molecule is C=NC(I)(I)C(I)(I)N(I)C(I)CN. The predicted octanol–water partition coefficient (Wildman–Crippen LogP) is 4.11. The minimum atomic E-state index is -0.274. The van der Waals surface area contributed by atoms with Crippen molar-refractivity contribution < 1.29 is 0 Å². The van der Waals surface area contributed by atoms with Crippen molar-refractivity contribution in [2.45, 2.75) is 7.15 Å². The fourth-order valence-corrected chi connectivity index (χ4v) is 5.01. The molecule has 2 N–H and O–H groups in total. The quantitative estimate of drug-likeness (QED) is 0.149. The molecule has 0 spiro atoms. The van der Waals surface area contributed by atoms with Crippen LogP contribution < -0.4 is 5.73 Å². The molecule has 1 unspecified atom stereocenters. The first-order chi connectivity index (χ1) is 6.20. The monoisotopic (exact) mass is 870 g/mol. The lowest BCUT2D eigenvalue weighted by Crippen LogP contribution is -2.48. The second kappa shape index (κ2) is 7.53.